The Kier molecular flexibility index (Phi) is 5.78. The second kappa shape index (κ2) is 8.03. The maximum absolute atomic E-state index is 12.0. The summed E-state index contributed by atoms with van der Waals surface area (Å²) in [7, 11) is 0. The summed E-state index contributed by atoms with van der Waals surface area (Å²) in [5, 5.41) is 2.95. The summed E-state index contributed by atoms with van der Waals surface area (Å²) >= 11 is 0. The first-order valence-electron chi connectivity index (χ1n) is 7.46. The molecular weight excluding hydrogens is 274 g/mol. The van der Waals surface area contributed by atoms with Crippen molar-refractivity contribution in [2.45, 2.75) is 19.9 Å². The van der Waals surface area contributed by atoms with Crippen molar-refractivity contribution in [2.24, 2.45) is 0 Å². The minimum Gasteiger partial charge on any atom is -0.493 e. The molecule has 1 N–H and O–H groups in total. The SMILES string of the molecule is CCOc1ccccc1/C=C/C(=O)N[C@H](C)c1ccccc1. The van der Waals surface area contributed by atoms with E-state index in [0.717, 1.165) is 16.9 Å². The molecule has 3 heteroatoms. The van der Waals surface area contributed by atoms with E-state index in [1.165, 1.54) is 6.08 Å². The summed E-state index contributed by atoms with van der Waals surface area (Å²) in [5.74, 6) is 0.660. The van der Waals surface area contributed by atoms with Crippen LogP contribution < -0.4 is 10.1 Å². The standard InChI is InChI=1S/C19H21NO2/c1-3-22-18-12-8-7-11-17(18)13-14-19(21)20-15(2)16-9-5-4-6-10-16/h4-15H,3H2,1-2H3,(H,20,21)/b14-13+/t15-/m1/s1. The summed E-state index contributed by atoms with van der Waals surface area (Å²) < 4.78 is 5.54. The van der Waals surface area contributed by atoms with E-state index >= 15 is 0 Å². The third-order valence-corrected chi connectivity index (χ3v) is 3.29. The van der Waals surface area contributed by atoms with Gasteiger partial charge in [-0.25, -0.2) is 0 Å². The molecule has 0 fully saturated rings. The number of hydrogen-bond acceptors (Lipinski definition) is 2. The molecule has 22 heavy (non-hydrogen) atoms. The predicted molar refractivity (Wildman–Crippen MR) is 89.6 cm³/mol. The zero-order valence-electron chi connectivity index (χ0n) is 13.0. The van der Waals surface area contributed by atoms with Crippen LogP contribution in [-0.2, 0) is 4.79 Å². The Bertz CT molecular complexity index is 635. The molecule has 2 rings (SSSR count). The van der Waals surface area contributed by atoms with Crippen LogP contribution in [0.4, 0.5) is 0 Å². The van der Waals surface area contributed by atoms with E-state index < -0.39 is 0 Å². The van der Waals surface area contributed by atoms with E-state index in [4.69, 9.17) is 4.74 Å². The number of ether oxygens (including phenoxy) is 1. The highest BCUT2D eigenvalue weighted by Gasteiger charge is 2.06. The second-order valence-electron chi connectivity index (χ2n) is 4.95. The van der Waals surface area contributed by atoms with Crippen molar-refractivity contribution in [1.82, 2.24) is 5.32 Å². The molecule has 0 radical (unpaired) electrons. The minimum atomic E-state index is -0.123. The molecule has 2 aromatic carbocycles. The van der Waals surface area contributed by atoms with Crippen molar-refractivity contribution < 1.29 is 9.53 Å². The molecule has 0 spiro atoms. The highest BCUT2D eigenvalue weighted by Crippen LogP contribution is 2.19. The lowest BCUT2D eigenvalue weighted by molar-refractivity contribution is -0.117. The van der Waals surface area contributed by atoms with Gasteiger partial charge in [0.2, 0.25) is 5.91 Å². The molecule has 0 saturated heterocycles. The van der Waals surface area contributed by atoms with E-state index in [1.807, 2.05) is 68.4 Å². The monoisotopic (exact) mass is 295 g/mol. The topological polar surface area (TPSA) is 38.3 Å². The lowest BCUT2D eigenvalue weighted by atomic mass is 10.1. The Labute approximate surface area is 131 Å². The van der Waals surface area contributed by atoms with Gasteiger partial charge in [-0.1, -0.05) is 48.5 Å². The highest BCUT2D eigenvalue weighted by molar-refractivity contribution is 5.92. The van der Waals surface area contributed by atoms with E-state index in [9.17, 15) is 4.79 Å². The Morgan fingerprint density at radius 2 is 1.82 bits per heavy atom. The third-order valence-electron chi connectivity index (χ3n) is 3.29. The zero-order chi connectivity index (χ0) is 15.8. The zero-order valence-corrected chi connectivity index (χ0v) is 13.0. The maximum Gasteiger partial charge on any atom is 0.244 e. The number of hydrogen-bond donors (Lipinski definition) is 1. The van der Waals surface area contributed by atoms with E-state index in [-0.39, 0.29) is 11.9 Å². The van der Waals surface area contributed by atoms with Gasteiger partial charge in [0.15, 0.2) is 0 Å². The average Bonchev–Trinajstić information content (AvgIpc) is 2.55. The van der Waals surface area contributed by atoms with Crippen LogP contribution in [0.15, 0.2) is 60.7 Å². The fourth-order valence-corrected chi connectivity index (χ4v) is 2.16. The second-order valence-corrected chi connectivity index (χ2v) is 4.95. The van der Waals surface area contributed by atoms with Gasteiger partial charge in [0.1, 0.15) is 5.75 Å². The molecule has 0 aliphatic heterocycles. The average molecular weight is 295 g/mol. The maximum atomic E-state index is 12.0. The van der Waals surface area contributed by atoms with Gasteiger partial charge in [0.05, 0.1) is 12.6 Å². The molecule has 0 bridgehead atoms. The largest absolute Gasteiger partial charge is 0.493 e. The molecule has 2 aromatic rings. The van der Waals surface area contributed by atoms with Gasteiger partial charge in [-0.15, -0.1) is 0 Å². The van der Waals surface area contributed by atoms with Gasteiger partial charge >= 0.3 is 0 Å². The van der Waals surface area contributed by atoms with Crippen molar-refractivity contribution >= 4 is 12.0 Å². The van der Waals surface area contributed by atoms with Gasteiger partial charge in [0, 0.05) is 11.6 Å². The van der Waals surface area contributed by atoms with Crippen LogP contribution in [0.5, 0.6) is 5.75 Å². The van der Waals surface area contributed by atoms with Gasteiger partial charge in [-0.3, -0.25) is 4.79 Å². The molecule has 3 nitrogen and oxygen atoms in total. The fourth-order valence-electron chi connectivity index (χ4n) is 2.16. The first-order chi connectivity index (χ1) is 10.7. The summed E-state index contributed by atoms with van der Waals surface area (Å²) in [6, 6.07) is 17.5. The Hall–Kier alpha value is -2.55. The van der Waals surface area contributed by atoms with Crippen LogP contribution in [0.25, 0.3) is 6.08 Å². The number of rotatable bonds is 6. The molecular formula is C19H21NO2. The molecule has 0 saturated carbocycles. The lowest BCUT2D eigenvalue weighted by Crippen LogP contribution is -2.24. The Balaban J connectivity index is 2.00. The smallest absolute Gasteiger partial charge is 0.244 e. The summed E-state index contributed by atoms with van der Waals surface area (Å²) in [4.78, 5) is 12.0. The van der Waals surface area contributed by atoms with Crippen molar-refractivity contribution in [3.05, 3.63) is 71.8 Å². The van der Waals surface area contributed by atoms with Crippen LogP contribution in [0.1, 0.15) is 31.0 Å². The van der Waals surface area contributed by atoms with Crippen molar-refractivity contribution in [3.63, 3.8) is 0 Å². The van der Waals surface area contributed by atoms with Crippen LogP contribution in [0.2, 0.25) is 0 Å². The highest BCUT2D eigenvalue weighted by atomic mass is 16.5. The van der Waals surface area contributed by atoms with Gasteiger partial charge < -0.3 is 10.1 Å². The Morgan fingerprint density at radius 1 is 1.14 bits per heavy atom. The van der Waals surface area contributed by atoms with Crippen LogP contribution in [0.3, 0.4) is 0 Å². The van der Waals surface area contributed by atoms with Gasteiger partial charge in [-0.2, -0.15) is 0 Å². The number of nitrogens with one attached hydrogen (secondary N) is 1. The molecule has 0 unspecified atom stereocenters. The predicted octanol–water partition coefficient (Wildman–Crippen LogP) is 3.98. The molecule has 0 aromatic heterocycles. The van der Waals surface area contributed by atoms with Crippen molar-refractivity contribution in [1.29, 1.82) is 0 Å². The lowest BCUT2D eigenvalue weighted by Gasteiger charge is -2.12. The Morgan fingerprint density at radius 3 is 2.55 bits per heavy atom. The van der Waals surface area contributed by atoms with Crippen molar-refractivity contribution in [3.8, 4) is 5.75 Å². The quantitative estimate of drug-likeness (QED) is 0.819. The first-order valence-corrected chi connectivity index (χ1v) is 7.46. The number of carbonyl (C=O) groups is 1. The van der Waals surface area contributed by atoms with Crippen LogP contribution >= 0.6 is 0 Å². The van der Waals surface area contributed by atoms with Crippen LogP contribution in [-0.4, -0.2) is 12.5 Å². The number of carbonyl (C=O) groups excluding carboxylic acids is 1. The normalized spacial score (nSPS) is 12.1. The van der Waals surface area contributed by atoms with E-state index in [0.29, 0.717) is 6.61 Å². The van der Waals surface area contributed by atoms with Crippen molar-refractivity contribution in [2.75, 3.05) is 6.61 Å². The molecule has 1 amide bonds. The van der Waals surface area contributed by atoms with E-state index in [1.54, 1.807) is 6.08 Å². The van der Waals surface area contributed by atoms with E-state index in [2.05, 4.69) is 5.32 Å². The number of amides is 1. The van der Waals surface area contributed by atoms with Gasteiger partial charge in [0.25, 0.3) is 0 Å². The van der Waals surface area contributed by atoms with Crippen LogP contribution in [0, 0.1) is 0 Å². The molecule has 1 atom stereocenters. The minimum absolute atomic E-state index is 0.0273. The number of para-hydroxylation sites is 1. The first kappa shape index (κ1) is 15.8. The number of benzene rings is 2. The fraction of sp³-hybridized carbons (Fsp3) is 0.211. The molecule has 0 heterocycles. The van der Waals surface area contributed by atoms with Gasteiger partial charge in [-0.05, 0) is 31.6 Å². The molecule has 0 aliphatic carbocycles. The summed E-state index contributed by atoms with van der Waals surface area (Å²) in [6.45, 7) is 4.51. The summed E-state index contributed by atoms with van der Waals surface area (Å²) in [5.41, 5.74) is 1.98. The molecule has 114 valence electrons. The summed E-state index contributed by atoms with van der Waals surface area (Å²) in [6.07, 6.45) is 3.31. The molecule has 0 aliphatic rings. The third kappa shape index (κ3) is 4.48.